The number of carboxylic acid groups (broad SMARTS) is 2. The van der Waals surface area contributed by atoms with E-state index in [-0.39, 0.29) is 11.1 Å². The molecule has 0 radical (unpaired) electrons. The summed E-state index contributed by atoms with van der Waals surface area (Å²) in [5.41, 5.74) is 0.771. The smallest absolute Gasteiger partial charge is 0.338 e. The number of unbranched alkanes of at least 4 members (excludes halogenated alkanes) is 5. The van der Waals surface area contributed by atoms with Crippen LogP contribution in [0.4, 0.5) is 0 Å². The average Bonchev–Trinajstić information content (AvgIpc) is 3.43. The van der Waals surface area contributed by atoms with E-state index in [1.54, 1.807) is 0 Å². The molecule has 0 aliphatic carbocycles. The maximum Gasteiger partial charge on any atom is 0.338 e. The van der Waals surface area contributed by atoms with E-state index < -0.39 is 11.9 Å². The predicted octanol–water partition coefficient (Wildman–Crippen LogP) is 6.70. The van der Waals surface area contributed by atoms with Gasteiger partial charge in [-0.1, -0.05) is 51.2 Å². The van der Waals surface area contributed by atoms with Gasteiger partial charge in [-0.3, -0.25) is 0 Å². The summed E-state index contributed by atoms with van der Waals surface area (Å²) in [7, 11) is 0. The van der Waals surface area contributed by atoms with Gasteiger partial charge in [-0.15, -0.1) is 22.7 Å². The largest absolute Gasteiger partial charge is 0.478 e. The molecule has 29 heavy (non-hydrogen) atoms. The fourth-order valence-corrected chi connectivity index (χ4v) is 5.22. The first-order valence-corrected chi connectivity index (χ1v) is 11.6. The van der Waals surface area contributed by atoms with Gasteiger partial charge in [-0.2, -0.15) is 0 Å². The fourth-order valence-electron chi connectivity index (χ4n) is 3.65. The van der Waals surface area contributed by atoms with Crippen molar-refractivity contribution in [2.45, 2.75) is 52.0 Å². The summed E-state index contributed by atoms with van der Waals surface area (Å²) < 4.78 is 1.92. The van der Waals surface area contributed by atoms with E-state index in [0.29, 0.717) is 17.9 Å². The molecule has 0 saturated heterocycles. The molecule has 0 unspecified atom stereocenters. The quantitative estimate of drug-likeness (QED) is 0.331. The Morgan fingerprint density at radius 1 is 0.828 bits per heavy atom. The number of hydrogen-bond acceptors (Lipinski definition) is 4. The van der Waals surface area contributed by atoms with E-state index in [1.807, 2.05) is 39.6 Å². The summed E-state index contributed by atoms with van der Waals surface area (Å²) >= 11 is 2.86. The van der Waals surface area contributed by atoms with Gasteiger partial charge in [0.25, 0.3) is 0 Å². The predicted molar refractivity (Wildman–Crippen MR) is 118 cm³/mol. The van der Waals surface area contributed by atoms with Gasteiger partial charge in [0, 0.05) is 6.54 Å². The van der Waals surface area contributed by atoms with Crippen LogP contribution in [0.25, 0.3) is 21.1 Å². The zero-order valence-electron chi connectivity index (χ0n) is 16.4. The Hall–Kier alpha value is -2.38. The molecule has 0 aromatic carbocycles. The molecule has 7 heteroatoms. The maximum atomic E-state index is 12.2. The molecule has 0 fully saturated rings. The molecule has 5 nitrogen and oxygen atoms in total. The Labute approximate surface area is 178 Å². The summed E-state index contributed by atoms with van der Waals surface area (Å²) in [5.74, 6) is -2.41. The van der Waals surface area contributed by atoms with Crippen LogP contribution in [0.5, 0.6) is 0 Å². The van der Waals surface area contributed by atoms with Crippen molar-refractivity contribution in [2.24, 2.45) is 0 Å². The van der Waals surface area contributed by atoms with Crippen LogP contribution < -0.4 is 0 Å². The Bertz CT molecular complexity index is 886. The SMILES string of the molecule is CCCCCCCCn1c(-c2cccs2)c(C(=O)O)c(C(=O)O)c1-c1cccs1. The highest BCUT2D eigenvalue weighted by atomic mass is 32.1. The summed E-state index contributed by atoms with van der Waals surface area (Å²) in [6, 6.07) is 7.43. The topological polar surface area (TPSA) is 79.5 Å². The minimum atomic E-state index is -1.20. The van der Waals surface area contributed by atoms with E-state index in [2.05, 4.69) is 6.92 Å². The fraction of sp³-hybridized carbons (Fsp3) is 0.364. The molecule has 0 saturated carbocycles. The number of rotatable bonds is 11. The molecular weight excluding hydrogens is 406 g/mol. The van der Waals surface area contributed by atoms with Crippen molar-refractivity contribution in [1.82, 2.24) is 4.57 Å². The monoisotopic (exact) mass is 431 g/mol. The van der Waals surface area contributed by atoms with Gasteiger partial charge in [0.05, 0.1) is 21.1 Å². The van der Waals surface area contributed by atoms with Crippen LogP contribution in [-0.4, -0.2) is 26.7 Å². The first-order chi connectivity index (χ1) is 14.1. The van der Waals surface area contributed by atoms with E-state index in [1.165, 1.54) is 41.9 Å². The number of aromatic carboxylic acids is 2. The standard InChI is InChI=1S/C22H25NO4S2/c1-2-3-4-5-6-7-12-23-19(15-10-8-13-28-15)17(21(24)25)18(22(26)27)20(23)16-11-9-14-29-16/h8-11,13-14H,2-7,12H2,1H3,(H,24,25)(H,26,27). The molecule has 3 aromatic heterocycles. The molecule has 0 bridgehead atoms. The van der Waals surface area contributed by atoms with Crippen molar-refractivity contribution in [3.05, 3.63) is 46.2 Å². The Kier molecular flexibility index (Phi) is 7.28. The van der Waals surface area contributed by atoms with E-state index in [0.717, 1.165) is 29.0 Å². The van der Waals surface area contributed by atoms with Gasteiger partial charge >= 0.3 is 11.9 Å². The van der Waals surface area contributed by atoms with Gasteiger partial charge in [0.1, 0.15) is 11.1 Å². The molecule has 3 aromatic rings. The lowest BCUT2D eigenvalue weighted by Crippen LogP contribution is -2.06. The molecule has 3 rings (SSSR count). The van der Waals surface area contributed by atoms with Gasteiger partial charge < -0.3 is 14.8 Å². The second-order valence-electron chi connectivity index (χ2n) is 6.93. The number of thiophene rings is 2. The highest BCUT2D eigenvalue weighted by molar-refractivity contribution is 7.14. The summed E-state index contributed by atoms with van der Waals surface area (Å²) in [6.45, 7) is 2.78. The van der Waals surface area contributed by atoms with Gasteiger partial charge in [0.15, 0.2) is 0 Å². The minimum absolute atomic E-state index is 0.116. The normalized spacial score (nSPS) is 11.1. The summed E-state index contributed by atoms with van der Waals surface area (Å²) in [5, 5.41) is 23.6. The lowest BCUT2D eigenvalue weighted by atomic mass is 10.1. The number of aromatic nitrogens is 1. The van der Waals surface area contributed by atoms with Crippen molar-refractivity contribution in [2.75, 3.05) is 0 Å². The minimum Gasteiger partial charge on any atom is -0.478 e. The zero-order valence-corrected chi connectivity index (χ0v) is 18.0. The third-order valence-corrected chi connectivity index (χ3v) is 6.69. The number of carboxylic acids is 2. The Morgan fingerprint density at radius 2 is 1.31 bits per heavy atom. The van der Waals surface area contributed by atoms with Crippen LogP contribution in [0.2, 0.25) is 0 Å². The van der Waals surface area contributed by atoms with Crippen LogP contribution in [0.1, 0.15) is 66.2 Å². The molecule has 0 atom stereocenters. The number of nitrogens with zero attached hydrogens (tertiary/aromatic N) is 1. The van der Waals surface area contributed by atoms with Crippen LogP contribution in [-0.2, 0) is 6.54 Å². The summed E-state index contributed by atoms with van der Waals surface area (Å²) in [4.78, 5) is 25.9. The van der Waals surface area contributed by atoms with Crippen molar-refractivity contribution >= 4 is 34.6 Å². The first kappa shape index (κ1) is 21.3. The van der Waals surface area contributed by atoms with Gasteiger partial charge in [-0.05, 0) is 29.3 Å². The summed E-state index contributed by atoms with van der Waals surface area (Å²) in [6.07, 6.45) is 6.65. The van der Waals surface area contributed by atoms with Gasteiger partial charge in [0.2, 0.25) is 0 Å². The zero-order chi connectivity index (χ0) is 20.8. The highest BCUT2D eigenvalue weighted by Gasteiger charge is 2.33. The molecule has 2 N–H and O–H groups in total. The molecular formula is C22H25NO4S2. The highest BCUT2D eigenvalue weighted by Crippen LogP contribution is 2.41. The number of hydrogen-bond donors (Lipinski definition) is 2. The molecule has 154 valence electrons. The van der Waals surface area contributed by atoms with Crippen molar-refractivity contribution in [3.8, 4) is 21.1 Å². The third-order valence-electron chi connectivity index (χ3n) is 4.94. The van der Waals surface area contributed by atoms with Gasteiger partial charge in [-0.25, -0.2) is 9.59 Å². The van der Waals surface area contributed by atoms with E-state index in [4.69, 9.17) is 0 Å². The van der Waals surface area contributed by atoms with Crippen molar-refractivity contribution < 1.29 is 19.8 Å². The Morgan fingerprint density at radius 3 is 1.72 bits per heavy atom. The van der Waals surface area contributed by atoms with E-state index >= 15 is 0 Å². The second-order valence-corrected chi connectivity index (χ2v) is 8.83. The lowest BCUT2D eigenvalue weighted by molar-refractivity contribution is 0.0654. The average molecular weight is 432 g/mol. The molecule has 0 aliphatic heterocycles. The van der Waals surface area contributed by atoms with Crippen LogP contribution >= 0.6 is 22.7 Å². The lowest BCUT2D eigenvalue weighted by Gasteiger charge is -2.13. The molecule has 3 heterocycles. The molecule has 0 spiro atoms. The first-order valence-electron chi connectivity index (χ1n) is 9.87. The number of carbonyl (C=O) groups is 2. The van der Waals surface area contributed by atoms with E-state index in [9.17, 15) is 19.8 Å². The van der Waals surface area contributed by atoms with Crippen LogP contribution in [0.3, 0.4) is 0 Å². The third kappa shape index (κ3) is 4.62. The van der Waals surface area contributed by atoms with Crippen molar-refractivity contribution in [3.63, 3.8) is 0 Å². The van der Waals surface area contributed by atoms with Crippen LogP contribution in [0.15, 0.2) is 35.0 Å². The maximum absolute atomic E-state index is 12.2. The molecule has 0 amide bonds. The van der Waals surface area contributed by atoms with Crippen LogP contribution in [0, 0.1) is 0 Å². The Balaban J connectivity index is 2.11. The second kappa shape index (κ2) is 9.89. The molecule has 0 aliphatic rings. The van der Waals surface area contributed by atoms with Crippen molar-refractivity contribution in [1.29, 1.82) is 0 Å².